The number of alkyl halides is 4. The fourth-order valence-corrected chi connectivity index (χ4v) is 17.2. The van der Waals surface area contributed by atoms with Gasteiger partial charge in [-0.3, -0.25) is 14.4 Å². The number of halogens is 4. The molecule has 2 unspecified atom stereocenters. The summed E-state index contributed by atoms with van der Waals surface area (Å²) in [7, 11) is -12.5. The molecule has 6 N–H and O–H groups in total. The lowest BCUT2D eigenvalue weighted by Gasteiger charge is -2.51. The topological polar surface area (TPSA) is 270 Å². The Bertz CT molecular complexity index is 2410. The molecule has 0 aliphatic rings. The van der Waals surface area contributed by atoms with Crippen LogP contribution in [0.2, 0.25) is 10.1 Å². The van der Waals surface area contributed by atoms with E-state index in [4.69, 9.17) is 14.0 Å². The minimum absolute atomic E-state index is 0.508. The first-order valence-corrected chi connectivity index (χ1v) is 26.7. The summed E-state index contributed by atoms with van der Waals surface area (Å²) in [6, 6.07) is 35.5. The second kappa shape index (κ2) is 23.1. The van der Waals surface area contributed by atoms with E-state index >= 15 is 8.78 Å². The molecule has 390 valence electrons. The van der Waals surface area contributed by atoms with Gasteiger partial charge in [-0.2, -0.15) is 26.0 Å². The molecule has 0 radical (unpaired) electrons. The highest BCUT2D eigenvalue weighted by atomic mass is 32.2. The fourth-order valence-electron chi connectivity index (χ4n) is 7.55. The molecule has 0 saturated heterocycles. The molecule has 24 heteroatoms. The van der Waals surface area contributed by atoms with E-state index in [2.05, 4.69) is 13.7 Å². The third kappa shape index (κ3) is 12.2. The van der Waals surface area contributed by atoms with Gasteiger partial charge in [-0.1, -0.05) is 163 Å². The van der Waals surface area contributed by atoms with Crippen LogP contribution < -0.4 is 20.7 Å². The van der Waals surface area contributed by atoms with Gasteiger partial charge in [-0.15, -0.1) is 0 Å². The monoisotopic (exact) mass is 1060 g/mol. The molecule has 0 aliphatic carbocycles. The van der Waals surface area contributed by atoms with Crippen LogP contribution in [0.1, 0.15) is 55.4 Å². The first-order chi connectivity index (χ1) is 32.8. The third-order valence-electron chi connectivity index (χ3n) is 11.3. The lowest BCUT2D eigenvalue weighted by Crippen LogP contribution is -2.76. The number of hydrogen-bond acceptors (Lipinski definition) is 17. The Morgan fingerprint density at radius 2 is 0.930 bits per heavy atom. The van der Waals surface area contributed by atoms with Crippen molar-refractivity contribution in [3.63, 3.8) is 0 Å². The van der Waals surface area contributed by atoms with E-state index in [9.17, 15) is 61.9 Å². The van der Waals surface area contributed by atoms with Crippen molar-refractivity contribution in [2.24, 2.45) is 0 Å². The Morgan fingerprint density at radius 3 is 1.24 bits per heavy atom. The van der Waals surface area contributed by atoms with Crippen molar-refractivity contribution in [3.05, 3.63) is 121 Å². The minimum atomic E-state index is -5.39. The average Bonchev–Trinajstić information content (AvgIpc) is 3.32. The lowest BCUT2D eigenvalue weighted by molar-refractivity contribution is -0.349. The molecule has 0 amide bonds. The first-order valence-electron chi connectivity index (χ1n) is 21.4. The minimum Gasteiger partial charge on any atom is -0.435 e. The van der Waals surface area contributed by atoms with E-state index in [0.29, 0.717) is 20.7 Å². The average molecular weight is 1060 g/mol. The summed E-state index contributed by atoms with van der Waals surface area (Å²) in [4.78, 5) is 43.8. The molecule has 0 spiro atoms. The zero-order valence-corrected chi connectivity index (χ0v) is 42.6. The number of aldehydes is 1. The van der Waals surface area contributed by atoms with E-state index in [1.165, 1.54) is 0 Å². The third-order valence-corrected chi connectivity index (χ3v) is 22.9. The maximum atomic E-state index is 16.0. The fraction of sp³-hybridized carbons (Fsp3) is 0.404. The van der Waals surface area contributed by atoms with Crippen LogP contribution in [0.5, 0.6) is 0 Å². The molecule has 0 heterocycles. The van der Waals surface area contributed by atoms with Gasteiger partial charge in [0.15, 0.2) is 24.8 Å². The molecule has 4 aromatic rings. The molecule has 0 bridgehead atoms. The molecule has 17 nitrogen and oxygen atoms in total. The number of hydrogen-bond donors (Lipinski definition) is 6. The van der Waals surface area contributed by atoms with Crippen LogP contribution >= 0.6 is 0 Å². The van der Waals surface area contributed by atoms with Gasteiger partial charge in [0.2, 0.25) is 6.29 Å². The molecule has 0 fully saturated rings. The Labute approximate surface area is 409 Å². The van der Waals surface area contributed by atoms with E-state index in [0.717, 1.165) is 13.8 Å². The highest BCUT2D eigenvalue weighted by molar-refractivity contribution is 7.87. The Balaban J connectivity index is 0.000000470. The quantitative estimate of drug-likeness (QED) is 0.0216. The van der Waals surface area contributed by atoms with E-state index in [-0.39, 0.29) is 0 Å². The zero-order chi connectivity index (χ0) is 54.1. The predicted molar refractivity (Wildman–Crippen MR) is 252 cm³/mol. The summed E-state index contributed by atoms with van der Waals surface area (Å²) in [6.45, 7) is 11.7. The maximum Gasteiger partial charge on any atom is 0.410 e. The number of benzene rings is 4. The smallest absolute Gasteiger partial charge is 0.410 e. The summed E-state index contributed by atoms with van der Waals surface area (Å²) >= 11 is 0. The van der Waals surface area contributed by atoms with Gasteiger partial charge < -0.3 is 53.1 Å². The van der Waals surface area contributed by atoms with Crippen LogP contribution in [0.15, 0.2) is 121 Å². The number of carbonyl (C=O) groups excluding carboxylic acids is 4. The Hall–Kier alpha value is -5.26. The van der Waals surface area contributed by atoms with Crippen LogP contribution in [0.25, 0.3) is 0 Å². The Morgan fingerprint density at radius 1 is 0.577 bits per heavy atom. The Kier molecular flexibility index (Phi) is 19.5. The van der Waals surface area contributed by atoms with Crippen LogP contribution in [0.3, 0.4) is 0 Å². The summed E-state index contributed by atoms with van der Waals surface area (Å²) in [5, 5.41) is 63.1. The molecule has 0 aliphatic heterocycles. The van der Waals surface area contributed by atoms with Crippen molar-refractivity contribution < 1.29 is 98.3 Å². The van der Waals surface area contributed by atoms with Crippen LogP contribution in [-0.2, 0) is 51.8 Å². The number of rotatable bonds is 22. The van der Waals surface area contributed by atoms with Gasteiger partial charge >= 0.3 is 33.7 Å². The molecule has 4 aromatic carbocycles. The predicted octanol–water partition coefficient (Wildman–Crippen LogP) is 1.96. The van der Waals surface area contributed by atoms with Gasteiger partial charge in [-0.25, -0.2) is 4.79 Å². The number of aliphatic hydroxyl groups excluding tert-OH is 4. The summed E-state index contributed by atoms with van der Waals surface area (Å²) in [5.41, 5.74) is 0. The zero-order valence-electron chi connectivity index (χ0n) is 39.8. The number of carbonyl (C=O) groups is 4. The SMILES string of the molecule is CC(C)(C)[Si](OC(O)[C@@H](O)[C@](O)(O[Si](c1ccccc1)(c1ccccc1)C(C)(C)C)C(F)(F)C=O)(c1ccccc1)c1ccccc1.CC(C)S(=O)(=O)OC(=O)C(F)(F)[C@@](O)(OC=O)[C@H](O)C(O)OC=O. The van der Waals surface area contributed by atoms with E-state index in [1.807, 2.05) is 57.2 Å². The van der Waals surface area contributed by atoms with Crippen LogP contribution in [-0.4, -0.2) is 134 Å². The molecule has 0 saturated carbocycles. The standard InChI is InChI=1S/C37H44F2O6Si2.C10H14F2O11S/c1-34(2,3)46(28-19-11-7-12-20-28,29-21-13-8-14-22-29)44-33(42)32(41)37(43,36(38,39)27-40)45-47(35(4,5)6,30-23-15-9-16-24-30)31-25-17-10-18-26-31;1-5(2)24(19,20)23-8(17)9(11,12)10(18,22-4-14)6(15)7(16)21-3-13/h7-27,32-33,41-43H,1-6H3;3-7,15-16,18H,1-2H3/t32-,33?,37+;6-,7?,10+/m11/s1. The lowest BCUT2D eigenvalue weighted by atomic mass is 10.0. The molecular formula is C47H58F4O17SSi2. The number of ether oxygens (including phenoxy) is 2. The van der Waals surface area contributed by atoms with Crippen molar-refractivity contribution >= 4 is 72.7 Å². The number of aliphatic hydroxyl groups is 6. The van der Waals surface area contributed by atoms with Crippen molar-refractivity contribution in [2.45, 2.75) is 119 Å². The van der Waals surface area contributed by atoms with Crippen molar-refractivity contribution in [1.29, 1.82) is 0 Å². The van der Waals surface area contributed by atoms with Crippen LogP contribution in [0.4, 0.5) is 17.6 Å². The van der Waals surface area contributed by atoms with Gasteiger partial charge in [-0.05, 0) is 44.7 Å². The molecular weight excluding hydrogens is 1000 g/mol. The summed E-state index contributed by atoms with van der Waals surface area (Å²) in [5.74, 6) is -21.4. The molecule has 4 rings (SSSR count). The summed E-state index contributed by atoms with van der Waals surface area (Å²) < 4.78 is 106. The normalized spacial score (nSPS) is 16.3. The second-order valence-electron chi connectivity index (χ2n) is 18.3. The highest BCUT2D eigenvalue weighted by Crippen LogP contribution is 2.45. The molecule has 6 atom stereocenters. The van der Waals surface area contributed by atoms with Crippen molar-refractivity contribution in [2.75, 3.05) is 0 Å². The first kappa shape index (κ1) is 60.0. The molecule has 71 heavy (non-hydrogen) atoms. The highest BCUT2D eigenvalue weighted by Gasteiger charge is 2.70. The van der Waals surface area contributed by atoms with Crippen molar-refractivity contribution in [3.8, 4) is 0 Å². The van der Waals surface area contributed by atoms with E-state index in [1.54, 1.807) is 106 Å². The van der Waals surface area contributed by atoms with Gasteiger partial charge in [0.05, 0.1) is 5.25 Å². The van der Waals surface area contributed by atoms with Crippen LogP contribution in [0, 0.1) is 0 Å². The van der Waals surface area contributed by atoms with Gasteiger partial charge in [0, 0.05) is 0 Å². The summed E-state index contributed by atoms with van der Waals surface area (Å²) in [6.07, 6.45) is -12.1. The van der Waals surface area contributed by atoms with Gasteiger partial charge in [0.25, 0.3) is 35.4 Å². The largest absolute Gasteiger partial charge is 0.435 e. The maximum absolute atomic E-state index is 16.0. The second-order valence-corrected chi connectivity index (χ2v) is 28.9. The van der Waals surface area contributed by atoms with Gasteiger partial charge in [0.1, 0.15) is 0 Å². The van der Waals surface area contributed by atoms with E-state index < -0.39 is 115 Å². The molecule has 0 aromatic heterocycles. The van der Waals surface area contributed by atoms with Crippen molar-refractivity contribution in [1.82, 2.24) is 0 Å².